The van der Waals surface area contributed by atoms with Gasteiger partial charge in [0.1, 0.15) is 5.75 Å². The highest BCUT2D eigenvalue weighted by Crippen LogP contribution is 2.26. The number of carbonyl (C=O) groups excluding carboxylic acids is 2. The highest BCUT2D eigenvalue weighted by molar-refractivity contribution is 6.64. The number of hydrogen-bond acceptors (Lipinski definition) is 4. The van der Waals surface area contributed by atoms with Gasteiger partial charge in [0.05, 0.1) is 0 Å². The summed E-state index contributed by atoms with van der Waals surface area (Å²) in [5, 5.41) is 8.50. The van der Waals surface area contributed by atoms with Gasteiger partial charge in [-0.15, -0.1) is 0 Å². The molecule has 0 saturated heterocycles. The Balaban J connectivity index is 3.05. The van der Waals surface area contributed by atoms with Gasteiger partial charge in [-0.2, -0.15) is 0 Å². The van der Waals surface area contributed by atoms with Crippen molar-refractivity contribution in [3.8, 4) is 5.75 Å². The van der Waals surface area contributed by atoms with Crippen molar-refractivity contribution in [1.29, 1.82) is 0 Å². The Morgan fingerprint density at radius 1 is 1.40 bits per heavy atom. The van der Waals surface area contributed by atoms with Crippen LogP contribution in [0.2, 0.25) is 0 Å². The van der Waals surface area contributed by atoms with E-state index < -0.39 is 17.3 Å². The lowest BCUT2D eigenvalue weighted by molar-refractivity contribution is -0.132. The van der Waals surface area contributed by atoms with Gasteiger partial charge in [-0.05, 0) is 17.7 Å². The van der Waals surface area contributed by atoms with E-state index >= 15 is 0 Å². The Labute approximate surface area is 91.4 Å². The van der Waals surface area contributed by atoms with E-state index in [4.69, 9.17) is 16.3 Å². The van der Waals surface area contributed by atoms with Crippen LogP contribution in [0.25, 0.3) is 0 Å². The molecule has 4 nitrogen and oxygen atoms in total. The van der Waals surface area contributed by atoms with E-state index in [0.717, 1.165) is 0 Å². The summed E-state index contributed by atoms with van der Waals surface area (Å²) in [7, 11) is 0. The Morgan fingerprint density at radius 2 is 2.00 bits per heavy atom. The molecular formula is C10H9ClO4. The number of aliphatic hydroxyl groups is 1. The summed E-state index contributed by atoms with van der Waals surface area (Å²) in [6.45, 7) is 1.23. The molecule has 0 radical (unpaired) electrons. The molecule has 0 heterocycles. The Bertz CT molecular complexity index is 389. The number of esters is 1. The molecule has 0 aromatic heterocycles. The number of benzene rings is 1. The zero-order chi connectivity index (χ0) is 11.4. The van der Waals surface area contributed by atoms with Gasteiger partial charge in [-0.3, -0.25) is 9.59 Å². The van der Waals surface area contributed by atoms with Crippen molar-refractivity contribution in [2.75, 3.05) is 0 Å². The monoisotopic (exact) mass is 228 g/mol. The molecule has 0 aliphatic heterocycles. The van der Waals surface area contributed by atoms with Crippen LogP contribution in [-0.2, 0) is 9.59 Å². The zero-order valence-corrected chi connectivity index (χ0v) is 8.69. The zero-order valence-electron chi connectivity index (χ0n) is 7.94. The number of hydrogen-bond donors (Lipinski definition) is 1. The molecule has 0 aliphatic carbocycles. The summed E-state index contributed by atoms with van der Waals surface area (Å²) < 4.78 is 4.81. The number of aliphatic hydroxyl groups excluding tert-OH is 1. The third-order valence-electron chi connectivity index (χ3n) is 1.68. The van der Waals surface area contributed by atoms with Crippen LogP contribution in [0.1, 0.15) is 18.6 Å². The van der Waals surface area contributed by atoms with Gasteiger partial charge in [-0.25, -0.2) is 0 Å². The summed E-state index contributed by atoms with van der Waals surface area (Å²) in [5.74, 6) is -0.400. The maximum Gasteiger partial charge on any atom is 0.308 e. The van der Waals surface area contributed by atoms with Crippen molar-refractivity contribution in [2.45, 2.75) is 13.0 Å². The lowest BCUT2D eigenvalue weighted by atomic mass is 10.1. The van der Waals surface area contributed by atoms with Crippen LogP contribution in [0.4, 0.5) is 0 Å². The van der Waals surface area contributed by atoms with Crippen molar-refractivity contribution >= 4 is 22.8 Å². The molecule has 1 aromatic rings. The molecule has 0 saturated carbocycles. The molecular weight excluding hydrogens is 220 g/mol. The second-order valence-electron chi connectivity index (χ2n) is 2.84. The minimum absolute atomic E-state index is 0.131. The van der Waals surface area contributed by atoms with Crippen LogP contribution in [0, 0.1) is 0 Å². The minimum atomic E-state index is -1.48. The smallest absolute Gasteiger partial charge is 0.308 e. The van der Waals surface area contributed by atoms with E-state index in [1.165, 1.54) is 19.1 Å². The summed E-state index contributed by atoms with van der Waals surface area (Å²) in [5.41, 5.74) is 0.174. The predicted octanol–water partition coefficient (Wildman–Crippen LogP) is 1.41. The SMILES string of the molecule is CC(=O)Oc1ccccc1C(O)C(=O)Cl. The Hall–Kier alpha value is -1.39. The molecule has 1 unspecified atom stereocenters. The van der Waals surface area contributed by atoms with E-state index in [9.17, 15) is 14.7 Å². The van der Waals surface area contributed by atoms with E-state index in [-0.39, 0.29) is 11.3 Å². The molecule has 1 rings (SSSR count). The average Bonchev–Trinajstić information content (AvgIpc) is 2.16. The van der Waals surface area contributed by atoms with E-state index in [1.54, 1.807) is 12.1 Å². The van der Waals surface area contributed by atoms with Gasteiger partial charge in [0.2, 0.25) is 0 Å². The molecule has 0 spiro atoms. The second-order valence-corrected chi connectivity index (χ2v) is 3.21. The number of halogens is 1. The number of para-hydroxylation sites is 1. The molecule has 0 amide bonds. The third-order valence-corrected chi connectivity index (χ3v) is 1.89. The highest BCUT2D eigenvalue weighted by Gasteiger charge is 2.19. The van der Waals surface area contributed by atoms with Gasteiger partial charge >= 0.3 is 5.97 Å². The number of ether oxygens (including phenoxy) is 1. The standard InChI is InChI=1S/C10H9ClO4/c1-6(12)15-8-5-3-2-4-7(8)9(13)10(11)14/h2-5,9,13H,1H3. The maximum absolute atomic E-state index is 10.8. The first-order valence-corrected chi connectivity index (χ1v) is 4.55. The van der Waals surface area contributed by atoms with E-state index in [0.29, 0.717) is 0 Å². The fourth-order valence-electron chi connectivity index (χ4n) is 1.08. The second kappa shape index (κ2) is 4.91. The lowest BCUT2D eigenvalue weighted by Crippen LogP contribution is -2.10. The predicted molar refractivity (Wildman–Crippen MR) is 53.6 cm³/mol. The van der Waals surface area contributed by atoms with E-state index in [1.807, 2.05) is 0 Å². The van der Waals surface area contributed by atoms with Crippen molar-refractivity contribution in [1.82, 2.24) is 0 Å². The normalized spacial score (nSPS) is 11.9. The van der Waals surface area contributed by atoms with Crippen molar-refractivity contribution in [3.63, 3.8) is 0 Å². The molecule has 0 fully saturated rings. The molecule has 15 heavy (non-hydrogen) atoms. The van der Waals surface area contributed by atoms with Crippen LogP contribution in [0.15, 0.2) is 24.3 Å². The van der Waals surface area contributed by atoms with Crippen molar-refractivity contribution < 1.29 is 19.4 Å². The summed E-state index contributed by atoms with van der Waals surface area (Å²) >= 11 is 5.14. The summed E-state index contributed by atoms with van der Waals surface area (Å²) in [4.78, 5) is 21.5. The lowest BCUT2D eigenvalue weighted by Gasteiger charge is -2.10. The van der Waals surface area contributed by atoms with Crippen molar-refractivity contribution in [3.05, 3.63) is 29.8 Å². The van der Waals surface area contributed by atoms with Crippen molar-refractivity contribution in [2.24, 2.45) is 0 Å². The molecule has 1 atom stereocenters. The molecule has 5 heteroatoms. The first-order chi connectivity index (χ1) is 7.02. The third kappa shape index (κ3) is 3.04. The van der Waals surface area contributed by atoms with Gasteiger partial charge in [0.15, 0.2) is 6.10 Å². The van der Waals surface area contributed by atoms with Crippen LogP contribution in [0.5, 0.6) is 5.75 Å². The fourth-order valence-corrected chi connectivity index (χ4v) is 1.19. The molecule has 80 valence electrons. The van der Waals surface area contributed by atoms with Gasteiger partial charge in [-0.1, -0.05) is 18.2 Å². The van der Waals surface area contributed by atoms with E-state index in [2.05, 4.69) is 0 Å². The quantitative estimate of drug-likeness (QED) is 0.483. The van der Waals surface area contributed by atoms with Crippen LogP contribution < -0.4 is 4.74 Å². The topological polar surface area (TPSA) is 63.6 Å². The van der Waals surface area contributed by atoms with Gasteiger partial charge in [0, 0.05) is 12.5 Å². The summed E-state index contributed by atoms with van der Waals surface area (Å²) in [6.07, 6.45) is -1.48. The maximum atomic E-state index is 10.8. The molecule has 1 N–H and O–H groups in total. The molecule has 0 aliphatic rings. The van der Waals surface area contributed by atoms with Gasteiger partial charge in [0.25, 0.3) is 5.24 Å². The number of rotatable bonds is 3. The minimum Gasteiger partial charge on any atom is -0.426 e. The fraction of sp³-hybridized carbons (Fsp3) is 0.200. The number of carbonyl (C=O) groups is 2. The summed E-state index contributed by atoms with van der Waals surface area (Å²) in [6, 6.07) is 6.15. The molecule has 1 aromatic carbocycles. The first-order valence-electron chi connectivity index (χ1n) is 4.17. The first kappa shape index (κ1) is 11.7. The largest absolute Gasteiger partial charge is 0.426 e. The van der Waals surface area contributed by atoms with Crippen LogP contribution in [0.3, 0.4) is 0 Å². The average molecular weight is 229 g/mol. The molecule has 0 bridgehead atoms. The van der Waals surface area contributed by atoms with Crippen LogP contribution >= 0.6 is 11.6 Å². The Kier molecular flexibility index (Phi) is 3.82. The highest BCUT2D eigenvalue weighted by atomic mass is 35.5. The van der Waals surface area contributed by atoms with Gasteiger partial charge < -0.3 is 9.84 Å². The Morgan fingerprint density at radius 3 is 2.53 bits per heavy atom. The van der Waals surface area contributed by atoms with Crippen LogP contribution in [-0.4, -0.2) is 16.3 Å².